The Kier molecular flexibility index (Phi) is 5.92. The largest absolute Gasteiger partial charge is 0.348 e. The maximum absolute atomic E-state index is 12.5. The molecular weight excluding hydrogens is 416 g/mol. The minimum absolute atomic E-state index is 0.110. The summed E-state index contributed by atoms with van der Waals surface area (Å²) in [5, 5.41) is 2.74. The second kappa shape index (κ2) is 8.09. The Bertz CT molecular complexity index is 1120. The number of nitrogens with one attached hydrogen (secondary N) is 2. The van der Waals surface area contributed by atoms with Gasteiger partial charge in [-0.05, 0) is 43.7 Å². The van der Waals surface area contributed by atoms with E-state index < -0.39 is 20.0 Å². The minimum atomic E-state index is -3.62. The summed E-state index contributed by atoms with van der Waals surface area (Å²) in [7, 11) is -7.07. The van der Waals surface area contributed by atoms with Gasteiger partial charge in [-0.25, -0.2) is 21.6 Å². The van der Waals surface area contributed by atoms with E-state index in [4.69, 9.17) is 0 Å². The van der Waals surface area contributed by atoms with Gasteiger partial charge in [-0.15, -0.1) is 4.40 Å². The maximum Gasteiger partial charge on any atom is 0.256 e. The van der Waals surface area contributed by atoms with E-state index in [2.05, 4.69) is 14.4 Å². The Hall–Kier alpha value is -2.50. The van der Waals surface area contributed by atoms with Crippen LogP contribution < -0.4 is 10.0 Å². The lowest BCUT2D eigenvalue weighted by Crippen LogP contribution is -2.38. The van der Waals surface area contributed by atoms with E-state index in [9.17, 15) is 21.6 Å². The van der Waals surface area contributed by atoms with E-state index in [-0.39, 0.29) is 41.5 Å². The van der Waals surface area contributed by atoms with Crippen LogP contribution in [-0.2, 0) is 31.4 Å². The summed E-state index contributed by atoms with van der Waals surface area (Å²) in [5.74, 6) is -0.188. The van der Waals surface area contributed by atoms with E-state index in [1.165, 1.54) is 24.3 Å². The average Bonchev–Trinajstić information content (AvgIpc) is 2.64. The summed E-state index contributed by atoms with van der Waals surface area (Å²) in [6.07, 6.45) is 4.53. The van der Waals surface area contributed by atoms with Gasteiger partial charge in [-0.1, -0.05) is 12.1 Å². The smallest absolute Gasteiger partial charge is 0.256 e. The third-order valence-electron chi connectivity index (χ3n) is 4.14. The molecule has 1 amide bonds. The maximum atomic E-state index is 12.5. The summed E-state index contributed by atoms with van der Waals surface area (Å²) < 4.78 is 53.8. The highest BCUT2D eigenvalue weighted by atomic mass is 32.2. The Morgan fingerprint density at radius 2 is 2.03 bits per heavy atom. The predicted molar refractivity (Wildman–Crippen MR) is 109 cm³/mol. The number of benzene rings is 1. The van der Waals surface area contributed by atoms with Gasteiger partial charge in [0.25, 0.3) is 15.9 Å². The predicted octanol–water partition coefficient (Wildman–Crippen LogP) is 0.487. The molecule has 1 aromatic rings. The third-order valence-corrected chi connectivity index (χ3v) is 6.96. The van der Waals surface area contributed by atoms with Gasteiger partial charge in [0.1, 0.15) is 5.84 Å². The standard InChI is InChI=1S/C18H22N4O5S2/c1-13(2)20-29(26,27)16-5-3-4-14(10-16)11-19-18(23)15-6-7-17-21-28(24,25)9-8-22(17)12-15/h3-7,10,12-13,20H,8-9,11H2,1-2H3,(H,19,23). The van der Waals surface area contributed by atoms with Gasteiger partial charge < -0.3 is 10.2 Å². The van der Waals surface area contributed by atoms with Gasteiger partial charge in [0.05, 0.1) is 16.2 Å². The fraction of sp³-hybridized carbons (Fsp3) is 0.333. The Morgan fingerprint density at radius 1 is 1.28 bits per heavy atom. The molecule has 2 heterocycles. The van der Waals surface area contributed by atoms with Gasteiger partial charge in [-0.2, -0.15) is 0 Å². The molecule has 29 heavy (non-hydrogen) atoms. The second-order valence-electron chi connectivity index (χ2n) is 6.95. The highest BCUT2D eigenvalue weighted by Crippen LogP contribution is 2.16. The highest BCUT2D eigenvalue weighted by molar-refractivity contribution is 7.90. The normalized spacial score (nSPS) is 18.1. The molecule has 0 unspecified atom stereocenters. The first-order valence-corrected chi connectivity index (χ1v) is 12.0. The molecule has 9 nitrogen and oxygen atoms in total. The lowest BCUT2D eigenvalue weighted by Gasteiger charge is -2.26. The molecule has 0 bridgehead atoms. The van der Waals surface area contributed by atoms with Crippen molar-refractivity contribution < 1.29 is 21.6 Å². The molecule has 1 aromatic carbocycles. The number of nitrogens with zero attached hydrogens (tertiary/aromatic N) is 2. The molecule has 0 atom stereocenters. The van der Waals surface area contributed by atoms with E-state index in [0.29, 0.717) is 11.1 Å². The van der Waals surface area contributed by atoms with E-state index in [1.54, 1.807) is 37.1 Å². The summed E-state index contributed by atoms with van der Waals surface area (Å²) in [5.41, 5.74) is 0.991. The number of hydrogen-bond acceptors (Lipinski definition) is 6. The Labute approximate surface area is 170 Å². The molecule has 0 fully saturated rings. The molecule has 0 radical (unpaired) electrons. The van der Waals surface area contributed by atoms with Crippen molar-refractivity contribution in [1.29, 1.82) is 0 Å². The SMILES string of the molecule is CC(C)NS(=O)(=O)c1cccc(CNC(=O)C2=CN3CCS(=O)(=O)N=C3C=C2)c1. The number of rotatable bonds is 6. The first-order valence-electron chi connectivity index (χ1n) is 8.94. The van der Waals surface area contributed by atoms with Crippen molar-refractivity contribution in [2.45, 2.75) is 31.3 Å². The van der Waals surface area contributed by atoms with Crippen LogP contribution in [-0.4, -0.2) is 51.8 Å². The van der Waals surface area contributed by atoms with Crippen molar-refractivity contribution in [2.24, 2.45) is 4.40 Å². The zero-order valence-electron chi connectivity index (χ0n) is 16.0. The van der Waals surface area contributed by atoms with Gasteiger partial charge in [0, 0.05) is 25.3 Å². The van der Waals surface area contributed by atoms with Crippen molar-refractivity contribution >= 4 is 31.8 Å². The van der Waals surface area contributed by atoms with Gasteiger partial charge in [-0.3, -0.25) is 4.79 Å². The average molecular weight is 439 g/mol. The molecule has 0 spiro atoms. The van der Waals surface area contributed by atoms with Crippen molar-refractivity contribution in [1.82, 2.24) is 14.9 Å². The molecule has 0 aromatic heterocycles. The topological polar surface area (TPSA) is 125 Å². The Morgan fingerprint density at radius 3 is 2.76 bits per heavy atom. The zero-order chi connectivity index (χ0) is 21.2. The van der Waals surface area contributed by atoms with Crippen LogP contribution in [0.15, 0.2) is 57.5 Å². The number of amidine groups is 1. The summed E-state index contributed by atoms with van der Waals surface area (Å²) in [6, 6.07) is 6.11. The van der Waals surface area contributed by atoms with E-state index >= 15 is 0 Å². The summed E-state index contributed by atoms with van der Waals surface area (Å²) in [4.78, 5) is 14.2. The quantitative estimate of drug-likeness (QED) is 0.666. The molecule has 3 rings (SSSR count). The van der Waals surface area contributed by atoms with Crippen LogP contribution in [0.2, 0.25) is 0 Å². The summed E-state index contributed by atoms with van der Waals surface area (Å²) >= 11 is 0. The number of hydrogen-bond donors (Lipinski definition) is 2. The number of carbonyl (C=O) groups is 1. The van der Waals surface area contributed by atoms with Crippen molar-refractivity contribution in [2.75, 3.05) is 12.3 Å². The fourth-order valence-corrected chi connectivity index (χ4v) is 5.11. The van der Waals surface area contributed by atoms with Gasteiger partial charge in [0.2, 0.25) is 10.0 Å². The highest BCUT2D eigenvalue weighted by Gasteiger charge is 2.25. The fourth-order valence-electron chi connectivity index (χ4n) is 2.82. The Balaban J connectivity index is 1.67. The van der Waals surface area contributed by atoms with E-state index in [0.717, 1.165) is 0 Å². The first kappa shape index (κ1) is 21.2. The van der Waals surface area contributed by atoms with Crippen molar-refractivity contribution in [3.05, 3.63) is 53.8 Å². The number of amides is 1. The molecule has 0 saturated heterocycles. The van der Waals surface area contributed by atoms with Crippen molar-refractivity contribution in [3.63, 3.8) is 0 Å². The molecule has 2 aliphatic rings. The summed E-state index contributed by atoms with van der Waals surface area (Å²) in [6.45, 7) is 3.84. The molecule has 2 N–H and O–H groups in total. The number of fused-ring (bicyclic) bond motifs is 1. The van der Waals surface area contributed by atoms with Crippen LogP contribution in [0.3, 0.4) is 0 Å². The number of carbonyl (C=O) groups excluding carboxylic acids is 1. The van der Waals surface area contributed by atoms with Crippen LogP contribution in [0, 0.1) is 0 Å². The second-order valence-corrected chi connectivity index (χ2v) is 10.4. The lowest BCUT2D eigenvalue weighted by molar-refractivity contribution is -0.117. The molecular formula is C18H22N4O5S2. The first-order chi connectivity index (χ1) is 13.6. The van der Waals surface area contributed by atoms with Crippen LogP contribution in [0.4, 0.5) is 0 Å². The van der Waals surface area contributed by atoms with Crippen LogP contribution in [0.1, 0.15) is 19.4 Å². The number of sulfonamides is 2. The molecule has 0 saturated carbocycles. The lowest BCUT2D eigenvalue weighted by atomic mass is 10.1. The monoisotopic (exact) mass is 438 g/mol. The van der Waals surface area contributed by atoms with Crippen LogP contribution in [0.5, 0.6) is 0 Å². The van der Waals surface area contributed by atoms with Crippen molar-refractivity contribution in [3.8, 4) is 0 Å². The van der Waals surface area contributed by atoms with Gasteiger partial charge >= 0.3 is 0 Å². The van der Waals surface area contributed by atoms with Crippen LogP contribution in [0.25, 0.3) is 0 Å². The molecule has 2 aliphatic heterocycles. The van der Waals surface area contributed by atoms with Crippen LogP contribution >= 0.6 is 0 Å². The molecule has 0 aliphatic carbocycles. The minimum Gasteiger partial charge on any atom is -0.348 e. The van der Waals surface area contributed by atoms with E-state index in [1.807, 2.05) is 0 Å². The molecule has 156 valence electrons. The molecule has 11 heteroatoms. The third kappa shape index (κ3) is 5.31. The zero-order valence-corrected chi connectivity index (χ0v) is 17.6. The van der Waals surface area contributed by atoms with Gasteiger partial charge in [0.15, 0.2) is 0 Å².